The highest BCUT2D eigenvalue weighted by Gasteiger charge is 2.14. The predicted molar refractivity (Wildman–Crippen MR) is 60.6 cm³/mol. The van der Waals surface area contributed by atoms with Gasteiger partial charge in [0, 0.05) is 17.7 Å². The van der Waals surface area contributed by atoms with Crippen molar-refractivity contribution in [1.82, 2.24) is 5.16 Å². The first kappa shape index (κ1) is 10.9. The van der Waals surface area contributed by atoms with Gasteiger partial charge in [0.2, 0.25) is 0 Å². The van der Waals surface area contributed by atoms with E-state index >= 15 is 0 Å². The van der Waals surface area contributed by atoms with E-state index in [2.05, 4.69) is 21.1 Å². The molecule has 1 heterocycles. The van der Waals surface area contributed by atoms with Gasteiger partial charge in [0.25, 0.3) is 0 Å². The molecule has 0 saturated carbocycles. The Hall–Kier alpha value is -1.56. The quantitative estimate of drug-likeness (QED) is 0.922. The molecule has 0 saturated heterocycles. The number of benzene rings is 1. The summed E-state index contributed by atoms with van der Waals surface area (Å²) in [7, 11) is 1.46. The standard InChI is InChI=1S/C10H8BrFN2O2/c1-15-8-3-5(12)2-6(10(8)11)7-4-9(13)14-16-7/h2-4H,1H3,(H2,13,14). The molecule has 0 atom stereocenters. The molecule has 2 rings (SSSR count). The van der Waals surface area contributed by atoms with Crippen molar-refractivity contribution < 1.29 is 13.7 Å². The molecule has 6 heteroatoms. The molecule has 84 valence electrons. The van der Waals surface area contributed by atoms with Gasteiger partial charge < -0.3 is 15.0 Å². The van der Waals surface area contributed by atoms with E-state index in [-0.39, 0.29) is 5.82 Å². The number of nitrogens with zero attached hydrogens (tertiary/aromatic N) is 1. The molecule has 0 bridgehead atoms. The lowest BCUT2D eigenvalue weighted by atomic mass is 10.1. The van der Waals surface area contributed by atoms with E-state index in [9.17, 15) is 4.39 Å². The lowest BCUT2D eigenvalue weighted by Gasteiger charge is -2.06. The Kier molecular flexibility index (Phi) is 2.82. The molecule has 16 heavy (non-hydrogen) atoms. The summed E-state index contributed by atoms with van der Waals surface area (Å²) in [6.07, 6.45) is 0. The first-order valence-electron chi connectivity index (χ1n) is 4.37. The molecule has 0 radical (unpaired) electrons. The zero-order valence-corrected chi connectivity index (χ0v) is 9.92. The summed E-state index contributed by atoms with van der Waals surface area (Å²) in [6.45, 7) is 0. The van der Waals surface area contributed by atoms with Crippen LogP contribution in [0.4, 0.5) is 10.2 Å². The third-order valence-corrected chi connectivity index (χ3v) is 2.84. The summed E-state index contributed by atoms with van der Waals surface area (Å²) < 4.78 is 23.9. The van der Waals surface area contributed by atoms with Crippen LogP contribution in [0.3, 0.4) is 0 Å². The Morgan fingerprint density at radius 3 is 2.75 bits per heavy atom. The lowest BCUT2D eigenvalue weighted by molar-refractivity contribution is 0.407. The minimum Gasteiger partial charge on any atom is -0.495 e. The van der Waals surface area contributed by atoms with Gasteiger partial charge in [-0.15, -0.1) is 0 Å². The maximum absolute atomic E-state index is 13.3. The Morgan fingerprint density at radius 1 is 1.44 bits per heavy atom. The first-order chi connectivity index (χ1) is 7.61. The molecule has 0 fully saturated rings. The van der Waals surface area contributed by atoms with Crippen molar-refractivity contribution in [2.24, 2.45) is 0 Å². The molecule has 0 spiro atoms. The Labute approximate surface area is 99.3 Å². The average Bonchev–Trinajstić information content (AvgIpc) is 2.67. The number of hydrogen-bond donors (Lipinski definition) is 1. The number of halogens is 2. The van der Waals surface area contributed by atoms with Gasteiger partial charge in [0.1, 0.15) is 11.6 Å². The second-order valence-corrected chi connectivity index (χ2v) is 3.88. The first-order valence-corrected chi connectivity index (χ1v) is 5.16. The smallest absolute Gasteiger partial charge is 0.170 e. The minimum atomic E-state index is -0.426. The van der Waals surface area contributed by atoms with Gasteiger partial charge >= 0.3 is 0 Å². The van der Waals surface area contributed by atoms with Gasteiger partial charge in [0.05, 0.1) is 11.6 Å². The molecular formula is C10H8BrFN2O2. The molecule has 0 aliphatic rings. The number of nitrogens with two attached hydrogens (primary N) is 1. The van der Waals surface area contributed by atoms with Crippen molar-refractivity contribution >= 4 is 21.7 Å². The predicted octanol–water partition coefficient (Wildman–Crippen LogP) is 2.83. The summed E-state index contributed by atoms with van der Waals surface area (Å²) in [6, 6.07) is 4.10. The van der Waals surface area contributed by atoms with Gasteiger partial charge in [-0.3, -0.25) is 0 Å². The van der Waals surface area contributed by atoms with Crippen LogP contribution in [0.5, 0.6) is 5.75 Å². The van der Waals surface area contributed by atoms with Crippen molar-refractivity contribution in [2.45, 2.75) is 0 Å². The van der Waals surface area contributed by atoms with Crippen molar-refractivity contribution in [3.05, 3.63) is 28.5 Å². The highest BCUT2D eigenvalue weighted by molar-refractivity contribution is 9.10. The minimum absolute atomic E-state index is 0.241. The van der Waals surface area contributed by atoms with Crippen LogP contribution < -0.4 is 10.5 Å². The van der Waals surface area contributed by atoms with E-state index in [1.165, 1.54) is 25.3 Å². The maximum atomic E-state index is 13.3. The van der Waals surface area contributed by atoms with Gasteiger partial charge in [0.15, 0.2) is 11.6 Å². The van der Waals surface area contributed by atoms with E-state index in [1.54, 1.807) is 0 Å². The number of rotatable bonds is 2. The largest absolute Gasteiger partial charge is 0.495 e. The fraction of sp³-hybridized carbons (Fsp3) is 0.100. The number of nitrogen functional groups attached to an aromatic ring is 1. The van der Waals surface area contributed by atoms with Crippen LogP contribution in [-0.4, -0.2) is 12.3 Å². The molecule has 1 aromatic heterocycles. The highest BCUT2D eigenvalue weighted by Crippen LogP contribution is 2.36. The molecule has 1 aromatic carbocycles. The van der Waals surface area contributed by atoms with Crippen LogP contribution in [0.2, 0.25) is 0 Å². The number of aromatic nitrogens is 1. The fourth-order valence-corrected chi connectivity index (χ4v) is 1.89. The molecule has 2 aromatic rings. The zero-order valence-electron chi connectivity index (χ0n) is 8.33. The van der Waals surface area contributed by atoms with Crippen molar-refractivity contribution in [3.8, 4) is 17.1 Å². The molecule has 0 aliphatic carbocycles. The van der Waals surface area contributed by atoms with Gasteiger partial charge in [-0.2, -0.15) is 0 Å². The second kappa shape index (κ2) is 4.13. The number of methoxy groups -OCH3 is 1. The Bertz CT molecular complexity index is 528. The maximum Gasteiger partial charge on any atom is 0.170 e. The normalized spacial score (nSPS) is 10.4. The number of hydrogen-bond acceptors (Lipinski definition) is 4. The topological polar surface area (TPSA) is 61.3 Å². The lowest BCUT2D eigenvalue weighted by Crippen LogP contribution is -1.89. The van der Waals surface area contributed by atoms with E-state index in [1.807, 2.05) is 0 Å². The van der Waals surface area contributed by atoms with E-state index in [4.69, 9.17) is 15.0 Å². The van der Waals surface area contributed by atoms with Crippen LogP contribution in [-0.2, 0) is 0 Å². The van der Waals surface area contributed by atoms with Crippen molar-refractivity contribution in [2.75, 3.05) is 12.8 Å². The SMILES string of the molecule is COc1cc(F)cc(-c2cc(N)no2)c1Br. The zero-order chi connectivity index (χ0) is 11.7. The third kappa shape index (κ3) is 1.88. The summed E-state index contributed by atoms with van der Waals surface area (Å²) in [5, 5.41) is 3.54. The highest BCUT2D eigenvalue weighted by atomic mass is 79.9. The number of anilines is 1. The van der Waals surface area contributed by atoms with Gasteiger partial charge in [-0.25, -0.2) is 4.39 Å². The average molecular weight is 287 g/mol. The van der Waals surface area contributed by atoms with Crippen LogP contribution in [0.15, 0.2) is 27.2 Å². The van der Waals surface area contributed by atoms with Crippen LogP contribution in [0.25, 0.3) is 11.3 Å². The van der Waals surface area contributed by atoms with E-state index in [0.29, 0.717) is 21.5 Å². The summed E-state index contributed by atoms with van der Waals surface area (Å²) in [5.41, 5.74) is 5.93. The molecular weight excluding hydrogens is 279 g/mol. The van der Waals surface area contributed by atoms with Crippen molar-refractivity contribution in [3.63, 3.8) is 0 Å². The van der Waals surface area contributed by atoms with Crippen LogP contribution in [0, 0.1) is 5.82 Å². The fourth-order valence-electron chi connectivity index (χ4n) is 1.31. The third-order valence-electron chi connectivity index (χ3n) is 2.02. The van der Waals surface area contributed by atoms with Crippen molar-refractivity contribution in [1.29, 1.82) is 0 Å². The number of ether oxygens (including phenoxy) is 1. The molecule has 4 nitrogen and oxygen atoms in total. The molecule has 2 N–H and O–H groups in total. The summed E-state index contributed by atoms with van der Waals surface area (Å²) in [5.74, 6) is 0.572. The second-order valence-electron chi connectivity index (χ2n) is 3.09. The summed E-state index contributed by atoms with van der Waals surface area (Å²) >= 11 is 3.30. The summed E-state index contributed by atoms with van der Waals surface area (Å²) in [4.78, 5) is 0. The molecule has 0 amide bonds. The van der Waals surface area contributed by atoms with Gasteiger partial charge in [-0.05, 0) is 22.0 Å². The van der Waals surface area contributed by atoms with E-state index < -0.39 is 5.82 Å². The Morgan fingerprint density at radius 2 is 2.19 bits per heavy atom. The molecule has 0 unspecified atom stereocenters. The van der Waals surface area contributed by atoms with Crippen LogP contribution >= 0.6 is 15.9 Å². The van der Waals surface area contributed by atoms with Gasteiger partial charge in [-0.1, -0.05) is 5.16 Å². The Balaban J connectivity index is 2.60. The molecule has 0 aliphatic heterocycles. The van der Waals surface area contributed by atoms with Crippen LogP contribution in [0.1, 0.15) is 0 Å². The monoisotopic (exact) mass is 286 g/mol. The van der Waals surface area contributed by atoms with E-state index in [0.717, 1.165) is 0 Å².